The first-order valence-corrected chi connectivity index (χ1v) is 21.8. The molecule has 3 saturated heterocycles. The van der Waals surface area contributed by atoms with Crippen molar-refractivity contribution in [2.24, 2.45) is 16.8 Å². The van der Waals surface area contributed by atoms with Gasteiger partial charge in [0.15, 0.2) is 0 Å². The van der Waals surface area contributed by atoms with Gasteiger partial charge in [0.2, 0.25) is 11.8 Å². The number of ether oxygens (including phenoxy) is 3. The summed E-state index contributed by atoms with van der Waals surface area (Å²) in [5.41, 5.74) is 0.989. The molecular formula is C43H44N8O15S. The number of nitro benzene ring substituents is 3. The smallest absolute Gasteiger partial charge is 0.435 e. The summed E-state index contributed by atoms with van der Waals surface area (Å²) in [4.78, 5) is 108. The molecule has 7 rings (SSSR count). The van der Waals surface area contributed by atoms with Gasteiger partial charge in [0.05, 0.1) is 39.2 Å². The Kier molecular flexibility index (Phi) is 14.4. The molecule has 23 nitrogen and oxygen atoms in total. The number of carbonyl (C=O) groups is 5. The highest BCUT2D eigenvalue weighted by Crippen LogP contribution is 2.52. The second kappa shape index (κ2) is 20.4. The van der Waals surface area contributed by atoms with Crippen LogP contribution in [0, 0.1) is 42.2 Å². The lowest BCUT2D eigenvalue weighted by atomic mass is 9.79. The predicted octanol–water partition coefficient (Wildman–Crippen LogP) is 4.59. The van der Waals surface area contributed by atoms with Crippen LogP contribution in [0.5, 0.6) is 0 Å². The van der Waals surface area contributed by atoms with Crippen molar-refractivity contribution in [1.82, 2.24) is 20.0 Å². The lowest BCUT2D eigenvalue weighted by molar-refractivity contribution is -0.385. The van der Waals surface area contributed by atoms with Crippen molar-refractivity contribution in [1.29, 1.82) is 0 Å². The molecule has 7 atom stereocenters. The third-order valence-electron chi connectivity index (χ3n) is 11.8. The minimum Gasteiger partial charge on any atom is -0.456 e. The zero-order valence-electron chi connectivity index (χ0n) is 35.9. The van der Waals surface area contributed by atoms with Crippen molar-refractivity contribution in [2.75, 3.05) is 19.6 Å². The van der Waals surface area contributed by atoms with E-state index in [1.54, 1.807) is 4.90 Å². The van der Waals surface area contributed by atoms with Gasteiger partial charge in [-0.3, -0.25) is 44.8 Å². The minimum absolute atomic E-state index is 0.0329. The summed E-state index contributed by atoms with van der Waals surface area (Å²) in [7, 11) is 0. The number of amides is 4. The average molecular weight is 945 g/mol. The number of rotatable bonds is 16. The molecule has 3 aromatic rings. The number of nitrogens with zero attached hydrogens (tertiary/aromatic N) is 7. The van der Waals surface area contributed by atoms with Gasteiger partial charge in [0.1, 0.15) is 31.6 Å². The Morgan fingerprint density at radius 2 is 1.36 bits per heavy atom. The van der Waals surface area contributed by atoms with Crippen LogP contribution in [-0.2, 0) is 48.4 Å². The number of aliphatic hydroxyl groups excluding tert-OH is 1. The first kappa shape index (κ1) is 47.5. The number of likely N-dealkylation sites (tertiary alicyclic amines) is 2. The van der Waals surface area contributed by atoms with E-state index in [1.807, 2.05) is 6.92 Å². The van der Waals surface area contributed by atoms with Crippen molar-refractivity contribution in [3.8, 4) is 0 Å². The SMILES string of the molecule is C[C@@H](O)[C@H]1C(=O)N2C(C(=O)OCc3ccc([N+](=O)[O-])cc3)=C(S[C@H]3C[C@@H](C(=O)N[C@@H]4CCN(C=NC(=O)OCc5ccc([N+](=O)[O-])cc5)C4)N(C(=O)OCc4ccc([N+](=O)[O-])cc4)C3)[C@H](C)[C@H]12. The maximum absolute atomic E-state index is 14.1. The van der Waals surface area contributed by atoms with E-state index in [-0.39, 0.29) is 62.1 Å². The molecule has 0 spiro atoms. The molecule has 0 unspecified atom stereocenters. The number of aliphatic hydroxyl groups is 1. The number of esters is 1. The van der Waals surface area contributed by atoms with Crippen LogP contribution in [0.25, 0.3) is 0 Å². The van der Waals surface area contributed by atoms with Gasteiger partial charge >= 0.3 is 18.2 Å². The molecule has 24 heteroatoms. The molecule has 4 amide bonds. The van der Waals surface area contributed by atoms with Crippen LogP contribution in [0.4, 0.5) is 26.7 Å². The van der Waals surface area contributed by atoms with Crippen molar-refractivity contribution >= 4 is 65.1 Å². The van der Waals surface area contributed by atoms with Crippen LogP contribution < -0.4 is 5.32 Å². The number of carbonyl (C=O) groups excluding carboxylic acids is 5. The fraction of sp³-hybridized carbons (Fsp3) is 0.395. The number of nitro groups is 3. The Labute approximate surface area is 385 Å². The zero-order chi connectivity index (χ0) is 48.1. The van der Waals surface area contributed by atoms with E-state index in [2.05, 4.69) is 10.3 Å². The number of thioether (sulfide) groups is 1. The summed E-state index contributed by atoms with van der Waals surface area (Å²) in [5.74, 6) is -3.09. The van der Waals surface area contributed by atoms with Crippen LogP contribution in [0.15, 0.2) is 88.4 Å². The van der Waals surface area contributed by atoms with E-state index in [4.69, 9.17) is 14.2 Å². The van der Waals surface area contributed by atoms with Crippen molar-refractivity contribution in [3.05, 3.63) is 130 Å². The van der Waals surface area contributed by atoms with Crippen LogP contribution in [0.1, 0.15) is 43.4 Å². The van der Waals surface area contributed by atoms with E-state index in [9.17, 15) is 59.4 Å². The summed E-state index contributed by atoms with van der Waals surface area (Å²) in [6, 6.07) is 14.2. The monoisotopic (exact) mass is 944 g/mol. The lowest BCUT2D eigenvalue weighted by Gasteiger charge is -2.46. The van der Waals surface area contributed by atoms with Gasteiger partial charge in [-0.2, -0.15) is 4.99 Å². The van der Waals surface area contributed by atoms with Crippen molar-refractivity contribution in [2.45, 2.75) is 76.0 Å². The van der Waals surface area contributed by atoms with Gasteiger partial charge in [-0.05, 0) is 72.9 Å². The van der Waals surface area contributed by atoms with Gasteiger partial charge in [-0.1, -0.05) is 6.92 Å². The third-order valence-corrected chi connectivity index (χ3v) is 13.3. The quantitative estimate of drug-likeness (QED) is 0.0377. The fourth-order valence-electron chi connectivity index (χ4n) is 8.39. The van der Waals surface area contributed by atoms with E-state index < -0.39 is 86.1 Å². The molecule has 3 aromatic carbocycles. The van der Waals surface area contributed by atoms with Crippen LogP contribution in [0.2, 0.25) is 0 Å². The molecule has 67 heavy (non-hydrogen) atoms. The standard InChI is InChI=1S/C43H44N8O15S/c1-24-36-35(25(2)52)40(54)48(36)37(41(55)64-20-26-3-9-30(10-4-26)49(58)59)38(24)67-33-17-34(47(19-33)43(57)66-22-28-7-13-32(14-8-28)51(62)63)39(53)45-29-15-16-46(18-29)23-44-42(56)65-21-27-5-11-31(12-6-27)50(60)61/h3-14,23-25,29,33-36,52H,15-22H2,1-2H3,(H,45,53)/t24-,25-,29-,33+,34+,35-,36-/m1/s1. The molecule has 0 radical (unpaired) electrons. The third kappa shape index (κ3) is 10.8. The number of β-lactam (4-membered cyclic amide) rings is 1. The normalized spacial score (nSPS) is 22.6. The van der Waals surface area contributed by atoms with Crippen molar-refractivity contribution < 1.29 is 58.1 Å². The van der Waals surface area contributed by atoms with E-state index in [0.29, 0.717) is 34.6 Å². The molecule has 3 fully saturated rings. The number of fused-ring (bicyclic) bond motifs is 1. The molecule has 4 heterocycles. The summed E-state index contributed by atoms with van der Waals surface area (Å²) in [6.07, 6.45) is -0.947. The number of non-ortho nitro benzene ring substituents is 3. The van der Waals surface area contributed by atoms with E-state index in [0.717, 1.165) is 0 Å². The topological polar surface area (TPSA) is 297 Å². The van der Waals surface area contributed by atoms with Crippen LogP contribution in [0.3, 0.4) is 0 Å². The van der Waals surface area contributed by atoms with Crippen LogP contribution >= 0.6 is 11.8 Å². The van der Waals surface area contributed by atoms with Gasteiger partial charge < -0.3 is 34.4 Å². The molecule has 0 aromatic heterocycles. The summed E-state index contributed by atoms with van der Waals surface area (Å²) >= 11 is 1.21. The Balaban J connectivity index is 1.04. The maximum Gasteiger partial charge on any atom is 0.435 e. The molecule has 4 aliphatic rings. The zero-order valence-corrected chi connectivity index (χ0v) is 36.7. The van der Waals surface area contributed by atoms with Gasteiger partial charge in [-0.15, -0.1) is 11.8 Å². The minimum atomic E-state index is -1.07. The Hall–Kier alpha value is -7.47. The molecule has 352 valence electrons. The van der Waals surface area contributed by atoms with E-state index in [1.165, 1.54) is 108 Å². The Morgan fingerprint density at radius 3 is 1.88 bits per heavy atom. The first-order chi connectivity index (χ1) is 32.0. The Morgan fingerprint density at radius 1 is 0.836 bits per heavy atom. The van der Waals surface area contributed by atoms with Gasteiger partial charge in [0, 0.05) is 78.1 Å². The highest BCUT2D eigenvalue weighted by atomic mass is 32.2. The highest BCUT2D eigenvalue weighted by Gasteiger charge is 2.60. The predicted molar refractivity (Wildman–Crippen MR) is 235 cm³/mol. The summed E-state index contributed by atoms with van der Waals surface area (Å²) < 4.78 is 16.4. The maximum atomic E-state index is 14.1. The number of nitrogens with one attached hydrogen (secondary N) is 1. The Bertz CT molecular complexity index is 2500. The lowest BCUT2D eigenvalue weighted by Crippen LogP contribution is -2.63. The number of benzene rings is 3. The number of hydrogen-bond acceptors (Lipinski definition) is 16. The molecular weight excluding hydrogens is 901 g/mol. The highest BCUT2D eigenvalue weighted by molar-refractivity contribution is 8.03. The first-order valence-electron chi connectivity index (χ1n) is 21.0. The second-order valence-electron chi connectivity index (χ2n) is 16.3. The van der Waals surface area contributed by atoms with Gasteiger partial charge in [-0.25, -0.2) is 14.4 Å². The van der Waals surface area contributed by atoms with Crippen LogP contribution in [-0.4, -0.2) is 120 Å². The molecule has 0 bridgehead atoms. The molecule has 2 N–H and O–H groups in total. The fourth-order valence-corrected chi connectivity index (χ4v) is 9.91. The van der Waals surface area contributed by atoms with Crippen molar-refractivity contribution in [3.63, 3.8) is 0 Å². The second-order valence-corrected chi connectivity index (χ2v) is 17.6. The average Bonchev–Trinajstić information content (AvgIpc) is 4.01. The molecule has 4 aliphatic heterocycles. The molecule has 0 saturated carbocycles. The van der Waals surface area contributed by atoms with E-state index >= 15 is 0 Å². The van der Waals surface area contributed by atoms with Gasteiger partial charge in [0.25, 0.3) is 17.1 Å². The summed E-state index contributed by atoms with van der Waals surface area (Å²) in [5, 5.41) is 46.2. The number of aliphatic imine (C=N–C) groups is 1. The molecule has 0 aliphatic carbocycles. The largest absolute Gasteiger partial charge is 0.456 e. The number of hydrogen-bond donors (Lipinski definition) is 2. The summed E-state index contributed by atoms with van der Waals surface area (Å²) in [6.45, 7) is 3.23.